The van der Waals surface area contributed by atoms with E-state index in [9.17, 15) is 4.21 Å². The molecular formula is C9H19NOS. The monoisotopic (exact) mass is 189 g/mol. The van der Waals surface area contributed by atoms with Gasteiger partial charge >= 0.3 is 0 Å². The van der Waals surface area contributed by atoms with Crippen LogP contribution in [0.3, 0.4) is 0 Å². The maximum Gasteiger partial charge on any atom is 0.0999 e. The van der Waals surface area contributed by atoms with Gasteiger partial charge in [0.2, 0.25) is 0 Å². The minimum absolute atomic E-state index is 0.0986. The summed E-state index contributed by atoms with van der Waals surface area (Å²) >= 11 is 0. The quantitative estimate of drug-likeness (QED) is 0.617. The summed E-state index contributed by atoms with van der Waals surface area (Å²) in [6.07, 6.45) is 2.39. The van der Waals surface area contributed by atoms with Crippen LogP contribution in [-0.2, 0) is 11.0 Å². The molecule has 1 saturated heterocycles. The second kappa shape index (κ2) is 3.46. The first-order valence-corrected chi connectivity index (χ1v) is 5.72. The Balaban J connectivity index is 2.64. The highest BCUT2D eigenvalue weighted by Crippen LogP contribution is 2.24. The molecule has 1 heterocycles. The fourth-order valence-electron chi connectivity index (χ4n) is 1.51. The third kappa shape index (κ3) is 2.07. The SMILES string of the molecule is C[C@H]1CCCN1S(=O)C(C)(C)C. The van der Waals surface area contributed by atoms with Gasteiger partial charge < -0.3 is 0 Å². The molecule has 1 unspecified atom stereocenters. The van der Waals surface area contributed by atoms with E-state index < -0.39 is 11.0 Å². The van der Waals surface area contributed by atoms with Crippen LogP contribution in [0.25, 0.3) is 0 Å². The molecule has 2 atom stereocenters. The van der Waals surface area contributed by atoms with Gasteiger partial charge in [-0.05, 0) is 40.5 Å². The van der Waals surface area contributed by atoms with Gasteiger partial charge in [-0.25, -0.2) is 8.51 Å². The molecule has 1 aliphatic heterocycles. The first-order valence-electron chi connectivity index (χ1n) is 4.61. The lowest BCUT2D eigenvalue weighted by molar-refractivity contribution is 0.428. The second-order valence-electron chi connectivity index (χ2n) is 4.49. The standard InChI is InChI=1S/C9H19NOS/c1-8-6-5-7-10(8)12(11)9(2,3)4/h8H,5-7H2,1-4H3/t8-,12?/m0/s1. The smallest absolute Gasteiger partial charge is 0.0999 e. The molecule has 0 radical (unpaired) electrons. The zero-order valence-corrected chi connectivity index (χ0v) is 9.28. The van der Waals surface area contributed by atoms with Crippen molar-refractivity contribution < 1.29 is 4.21 Å². The molecule has 72 valence electrons. The molecule has 0 amide bonds. The molecule has 0 spiro atoms. The fourth-order valence-corrected chi connectivity index (χ4v) is 2.94. The average Bonchev–Trinajstić information content (AvgIpc) is 2.31. The van der Waals surface area contributed by atoms with Crippen molar-refractivity contribution in [2.75, 3.05) is 6.54 Å². The van der Waals surface area contributed by atoms with E-state index in [4.69, 9.17) is 0 Å². The number of hydrogen-bond acceptors (Lipinski definition) is 1. The zero-order chi connectivity index (χ0) is 9.35. The summed E-state index contributed by atoms with van der Waals surface area (Å²) in [5, 5.41) is 0. The van der Waals surface area contributed by atoms with Crippen molar-refractivity contribution in [2.45, 2.75) is 51.3 Å². The summed E-state index contributed by atoms with van der Waals surface area (Å²) in [5.41, 5.74) is 0. The van der Waals surface area contributed by atoms with Gasteiger partial charge in [0.05, 0.1) is 15.7 Å². The first kappa shape index (κ1) is 10.2. The van der Waals surface area contributed by atoms with Crippen LogP contribution in [0.1, 0.15) is 40.5 Å². The Morgan fingerprint density at radius 3 is 2.33 bits per heavy atom. The van der Waals surface area contributed by atoms with E-state index in [2.05, 4.69) is 11.2 Å². The van der Waals surface area contributed by atoms with Gasteiger partial charge in [-0.1, -0.05) is 0 Å². The van der Waals surface area contributed by atoms with Crippen LogP contribution >= 0.6 is 0 Å². The molecule has 0 bridgehead atoms. The Morgan fingerprint density at radius 1 is 1.42 bits per heavy atom. The van der Waals surface area contributed by atoms with Gasteiger partial charge in [0.15, 0.2) is 0 Å². The van der Waals surface area contributed by atoms with Crippen molar-refractivity contribution in [3.63, 3.8) is 0 Å². The van der Waals surface area contributed by atoms with E-state index in [1.54, 1.807) is 0 Å². The predicted octanol–water partition coefficient (Wildman–Crippen LogP) is 1.93. The third-order valence-electron chi connectivity index (χ3n) is 2.23. The molecule has 0 aromatic carbocycles. The van der Waals surface area contributed by atoms with Crippen molar-refractivity contribution in [3.05, 3.63) is 0 Å². The van der Waals surface area contributed by atoms with Gasteiger partial charge in [0.1, 0.15) is 0 Å². The summed E-state index contributed by atoms with van der Waals surface area (Å²) in [4.78, 5) is 0. The summed E-state index contributed by atoms with van der Waals surface area (Å²) in [6, 6.07) is 0.505. The second-order valence-corrected chi connectivity index (χ2v) is 6.69. The Kier molecular flexibility index (Phi) is 2.94. The Bertz CT molecular complexity index is 185. The third-order valence-corrected chi connectivity index (χ3v) is 4.25. The Hall–Kier alpha value is 0.110. The molecule has 0 aliphatic carbocycles. The molecule has 1 fully saturated rings. The summed E-state index contributed by atoms with van der Waals surface area (Å²) < 4.78 is 13.9. The van der Waals surface area contributed by atoms with E-state index in [1.165, 1.54) is 12.8 Å². The van der Waals surface area contributed by atoms with Crippen LogP contribution in [0, 0.1) is 0 Å². The normalized spacial score (nSPS) is 29.2. The van der Waals surface area contributed by atoms with Crippen molar-refractivity contribution >= 4 is 11.0 Å². The molecule has 3 heteroatoms. The minimum atomic E-state index is -0.809. The lowest BCUT2D eigenvalue weighted by Crippen LogP contribution is -2.39. The molecule has 0 aromatic heterocycles. The highest BCUT2D eigenvalue weighted by Gasteiger charge is 2.32. The van der Waals surface area contributed by atoms with Crippen LogP contribution in [0.4, 0.5) is 0 Å². The average molecular weight is 189 g/mol. The van der Waals surface area contributed by atoms with Crippen molar-refractivity contribution in [2.24, 2.45) is 0 Å². The lowest BCUT2D eigenvalue weighted by Gasteiger charge is -2.28. The molecule has 0 aromatic rings. The van der Waals surface area contributed by atoms with Gasteiger partial charge in [0, 0.05) is 12.6 Å². The van der Waals surface area contributed by atoms with E-state index in [-0.39, 0.29) is 4.75 Å². The minimum Gasteiger partial charge on any atom is -0.242 e. The van der Waals surface area contributed by atoms with Crippen molar-refractivity contribution in [3.8, 4) is 0 Å². The van der Waals surface area contributed by atoms with Crippen LogP contribution < -0.4 is 0 Å². The molecule has 0 saturated carbocycles. The van der Waals surface area contributed by atoms with E-state index >= 15 is 0 Å². The topological polar surface area (TPSA) is 20.3 Å². The molecule has 12 heavy (non-hydrogen) atoms. The van der Waals surface area contributed by atoms with E-state index in [0.29, 0.717) is 6.04 Å². The largest absolute Gasteiger partial charge is 0.242 e. The van der Waals surface area contributed by atoms with Crippen LogP contribution in [0.5, 0.6) is 0 Å². The van der Waals surface area contributed by atoms with Crippen molar-refractivity contribution in [1.29, 1.82) is 0 Å². The molecule has 1 aliphatic rings. The van der Waals surface area contributed by atoms with Crippen LogP contribution in [0.2, 0.25) is 0 Å². The Morgan fingerprint density at radius 2 is 2.00 bits per heavy atom. The lowest BCUT2D eigenvalue weighted by atomic mass is 10.3. The molecule has 0 N–H and O–H groups in total. The van der Waals surface area contributed by atoms with Gasteiger partial charge in [-0.15, -0.1) is 0 Å². The van der Waals surface area contributed by atoms with E-state index in [1.807, 2.05) is 20.8 Å². The maximum absolute atomic E-state index is 11.9. The summed E-state index contributed by atoms with van der Waals surface area (Å²) in [5.74, 6) is 0. The van der Waals surface area contributed by atoms with Crippen LogP contribution in [-0.4, -0.2) is 25.8 Å². The van der Waals surface area contributed by atoms with Gasteiger partial charge in [-0.2, -0.15) is 0 Å². The first-order chi connectivity index (χ1) is 5.43. The highest BCUT2D eigenvalue weighted by atomic mass is 32.2. The summed E-state index contributed by atoms with van der Waals surface area (Å²) in [7, 11) is -0.809. The highest BCUT2D eigenvalue weighted by molar-refractivity contribution is 7.84. The Labute approximate surface area is 77.9 Å². The number of hydrogen-bond donors (Lipinski definition) is 0. The number of nitrogens with zero attached hydrogens (tertiary/aromatic N) is 1. The molecular weight excluding hydrogens is 170 g/mol. The van der Waals surface area contributed by atoms with Crippen molar-refractivity contribution in [1.82, 2.24) is 4.31 Å². The molecule has 2 nitrogen and oxygen atoms in total. The van der Waals surface area contributed by atoms with Gasteiger partial charge in [-0.3, -0.25) is 0 Å². The predicted molar refractivity (Wildman–Crippen MR) is 53.3 cm³/mol. The number of rotatable bonds is 1. The zero-order valence-electron chi connectivity index (χ0n) is 8.46. The van der Waals surface area contributed by atoms with Crippen LogP contribution in [0.15, 0.2) is 0 Å². The van der Waals surface area contributed by atoms with E-state index in [0.717, 1.165) is 6.54 Å². The summed E-state index contributed by atoms with van der Waals surface area (Å²) in [6.45, 7) is 9.28. The fraction of sp³-hybridized carbons (Fsp3) is 1.00. The maximum atomic E-state index is 11.9. The molecule has 1 rings (SSSR count). The van der Waals surface area contributed by atoms with Gasteiger partial charge in [0.25, 0.3) is 0 Å².